The van der Waals surface area contributed by atoms with E-state index in [1.165, 1.54) is 4.88 Å². The van der Waals surface area contributed by atoms with Gasteiger partial charge >= 0.3 is 0 Å². The van der Waals surface area contributed by atoms with E-state index in [0.717, 1.165) is 25.1 Å². The molecule has 0 bridgehead atoms. The SMILES string of the molecule is O=[N+]([O-])c1ccccc1CCNCCc1cccs1. The van der Waals surface area contributed by atoms with E-state index < -0.39 is 0 Å². The number of hydrogen-bond donors (Lipinski definition) is 1. The molecule has 0 atom stereocenters. The molecule has 1 aromatic carbocycles. The summed E-state index contributed by atoms with van der Waals surface area (Å²) in [5.74, 6) is 0. The summed E-state index contributed by atoms with van der Waals surface area (Å²) >= 11 is 1.75. The monoisotopic (exact) mass is 276 g/mol. The molecule has 0 radical (unpaired) electrons. The second-order valence-corrected chi connectivity index (χ2v) is 5.25. The molecular weight excluding hydrogens is 260 g/mol. The first-order valence-corrected chi connectivity index (χ1v) is 7.11. The van der Waals surface area contributed by atoms with Crippen molar-refractivity contribution in [1.29, 1.82) is 0 Å². The van der Waals surface area contributed by atoms with Crippen LogP contribution in [0.5, 0.6) is 0 Å². The number of para-hydroxylation sites is 1. The minimum absolute atomic E-state index is 0.211. The Morgan fingerprint density at radius 2 is 1.89 bits per heavy atom. The molecule has 100 valence electrons. The summed E-state index contributed by atoms with van der Waals surface area (Å²) in [6.45, 7) is 1.66. The average molecular weight is 276 g/mol. The topological polar surface area (TPSA) is 55.2 Å². The third-order valence-corrected chi connectivity index (χ3v) is 3.82. The summed E-state index contributed by atoms with van der Waals surface area (Å²) in [7, 11) is 0. The maximum atomic E-state index is 10.9. The van der Waals surface area contributed by atoms with Crippen molar-refractivity contribution in [2.24, 2.45) is 0 Å². The van der Waals surface area contributed by atoms with E-state index in [0.29, 0.717) is 6.42 Å². The van der Waals surface area contributed by atoms with Crippen LogP contribution in [-0.2, 0) is 12.8 Å². The first kappa shape index (κ1) is 13.7. The van der Waals surface area contributed by atoms with Crippen molar-refractivity contribution in [2.45, 2.75) is 12.8 Å². The van der Waals surface area contributed by atoms with Crippen LogP contribution in [0.2, 0.25) is 0 Å². The lowest BCUT2D eigenvalue weighted by Crippen LogP contribution is -2.20. The van der Waals surface area contributed by atoms with Crippen LogP contribution >= 0.6 is 11.3 Å². The molecule has 1 N–H and O–H groups in total. The lowest BCUT2D eigenvalue weighted by atomic mass is 10.1. The maximum Gasteiger partial charge on any atom is 0.272 e. The normalized spacial score (nSPS) is 10.5. The molecule has 2 rings (SSSR count). The zero-order valence-electron chi connectivity index (χ0n) is 10.5. The van der Waals surface area contributed by atoms with Crippen LogP contribution in [0.4, 0.5) is 5.69 Å². The molecule has 0 saturated carbocycles. The van der Waals surface area contributed by atoms with E-state index >= 15 is 0 Å². The van der Waals surface area contributed by atoms with Gasteiger partial charge in [0.25, 0.3) is 5.69 Å². The highest BCUT2D eigenvalue weighted by Gasteiger charge is 2.11. The summed E-state index contributed by atoms with van der Waals surface area (Å²) in [4.78, 5) is 11.9. The summed E-state index contributed by atoms with van der Waals surface area (Å²) in [5, 5.41) is 16.2. The van der Waals surface area contributed by atoms with Gasteiger partial charge in [-0.2, -0.15) is 0 Å². The van der Waals surface area contributed by atoms with Crippen LogP contribution in [0.15, 0.2) is 41.8 Å². The van der Waals surface area contributed by atoms with E-state index in [9.17, 15) is 10.1 Å². The Kier molecular flexibility index (Phi) is 5.06. The molecule has 0 aliphatic heterocycles. The van der Waals surface area contributed by atoms with Gasteiger partial charge in [-0.3, -0.25) is 10.1 Å². The lowest BCUT2D eigenvalue weighted by molar-refractivity contribution is -0.385. The molecule has 0 unspecified atom stereocenters. The van der Waals surface area contributed by atoms with Crippen molar-refractivity contribution >= 4 is 17.0 Å². The van der Waals surface area contributed by atoms with Crippen molar-refractivity contribution in [2.75, 3.05) is 13.1 Å². The van der Waals surface area contributed by atoms with Crippen LogP contribution in [-0.4, -0.2) is 18.0 Å². The molecule has 4 nitrogen and oxygen atoms in total. The summed E-state index contributed by atoms with van der Waals surface area (Å²) in [5.41, 5.74) is 0.999. The van der Waals surface area contributed by atoms with Crippen molar-refractivity contribution in [3.8, 4) is 0 Å². The standard InChI is InChI=1S/C14H16N2O2S/c17-16(18)14-6-2-1-4-12(14)7-9-15-10-8-13-5-3-11-19-13/h1-6,11,15H,7-10H2. The lowest BCUT2D eigenvalue weighted by Gasteiger charge is -2.04. The Balaban J connectivity index is 1.75. The third kappa shape index (κ3) is 4.15. The van der Waals surface area contributed by atoms with Gasteiger partial charge in [0.15, 0.2) is 0 Å². The number of nitro benzene ring substituents is 1. The number of nitrogens with zero attached hydrogens (tertiary/aromatic N) is 1. The number of benzene rings is 1. The molecule has 1 aromatic heterocycles. The summed E-state index contributed by atoms with van der Waals surface area (Å²) in [6, 6.07) is 11.1. The van der Waals surface area contributed by atoms with Crippen LogP contribution in [0.1, 0.15) is 10.4 Å². The summed E-state index contributed by atoms with van der Waals surface area (Å²) < 4.78 is 0. The van der Waals surface area contributed by atoms with E-state index in [-0.39, 0.29) is 10.6 Å². The maximum absolute atomic E-state index is 10.9. The minimum atomic E-state index is -0.318. The molecule has 2 aromatic rings. The number of hydrogen-bond acceptors (Lipinski definition) is 4. The number of thiophene rings is 1. The van der Waals surface area contributed by atoms with Gasteiger partial charge in [-0.15, -0.1) is 11.3 Å². The first-order chi connectivity index (χ1) is 9.27. The Bertz CT molecular complexity index is 526. The second kappa shape index (κ2) is 7.01. The average Bonchev–Trinajstić information content (AvgIpc) is 2.92. The Hall–Kier alpha value is -1.72. The van der Waals surface area contributed by atoms with Crippen molar-refractivity contribution in [3.05, 3.63) is 62.3 Å². The van der Waals surface area contributed by atoms with Crippen LogP contribution in [0.3, 0.4) is 0 Å². The zero-order valence-corrected chi connectivity index (χ0v) is 11.4. The molecular formula is C14H16N2O2S. The molecule has 0 saturated heterocycles. The number of nitro groups is 1. The molecule has 5 heteroatoms. The fraction of sp³-hybridized carbons (Fsp3) is 0.286. The summed E-state index contributed by atoms with van der Waals surface area (Å²) in [6.07, 6.45) is 1.69. The van der Waals surface area contributed by atoms with E-state index in [1.54, 1.807) is 23.5 Å². The van der Waals surface area contributed by atoms with Crippen LogP contribution in [0, 0.1) is 10.1 Å². The Morgan fingerprint density at radius 1 is 1.11 bits per heavy atom. The Labute approximate surface area is 116 Å². The van der Waals surface area contributed by atoms with Crippen molar-refractivity contribution in [3.63, 3.8) is 0 Å². The number of rotatable bonds is 7. The van der Waals surface area contributed by atoms with Crippen molar-refractivity contribution < 1.29 is 4.92 Å². The predicted molar refractivity (Wildman–Crippen MR) is 77.7 cm³/mol. The first-order valence-electron chi connectivity index (χ1n) is 6.23. The number of nitrogens with one attached hydrogen (secondary N) is 1. The van der Waals surface area contributed by atoms with Crippen molar-refractivity contribution in [1.82, 2.24) is 5.32 Å². The molecule has 1 heterocycles. The smallest absolute Gasteiger partial charge is 0.272 e. The highest BCUT2D eigenvalue weighted by molar-refractivity contribution is 7.09. The molecule has 0 aliphatic carbocycles. The molecule has 0 fully saturated rings. The van der Waals surface area contributed by atoms with Gasteiger partial charge in [-0.1, -0.05) is 24.3 Å². The van der Waals surface area contributed by atoms with E-state index in [1.807, 2.05) is 18.2 Å². The largest absolute Gasteiger partial charge is 0.316 e. The van der Waals surface area contributed by atoms with Gasteiger partial charge in [-0.05, 0) is 37.4 Å². The van der Waals surface area contributed by atoms with E-state index in [4.69, 9.17) is 0 Å². The molecule has 19 heavy (non-hydrogen) atoms. The zero-order chi connectivity index (χ0) is 13.5. The molecule has 0 spiro atoms. The van der Waals surface area contributed by atoms with Gasteiger partial charge < -0.3 is 5.32 Å². The van der Waals surface area contributed by atoms with Gasteiger partial charge in [0.1, 0.15) is 0 Å². The van der Waals surface area contributed by atoms with Gasteiger partial charge in [0.2, 0.25) is 0 Å². The van der Waals surface area contributed by atoms with E-state index in [2.05, 4.69) is 16.8 Å². The highest BCUT2D eigenvalue weighted by Crippen LogP contribution is 2.17. The highest BCUT2D eigenvalue weighted by atomic mass is 32.1. The third-order valence-electron chi connectivity index (χ3n) is 2.89. The fourth-order valence-corrected chi connectivity index (χ4v) is 2.62. The van der Waals surface area contributed by atoms with Crippen LogP contribution < -0.4 is 5.32 Å². The molecule has 0 amide bonds. The predicted octanol–water partition coefficient (Wildman–Crippen LogP) is 3.03. The van der Waals surface area contributed by atoms with Gasteiger partial charge in [0.05, 0.1) is 4.92 Å². The quantitative estimate of drug-likeness (QED) is 0.480. The van der Waals surface area contributed by atoms with Crippen LogP contribution in [0.25, 0.3) is 0 Å². The molecule has 0 aliphatic rings. The minimum Gasteiger partial charge on any atom is -0.316 e. The fourth-order valence-electron chi connectivity index (χ4n) is 1.91. The van der Waals surface area contributed by atoms with Gasteiger partial charge in [0, 0.05) is 16.5 Å². The Morgan fingerprint density at radius 3 is 2.63 bits per heavy atom. The second-order valence-electron chi connectivity index (χ2n) is 4.22. The van der Waals surface area contributed by atoms with Gasteiger partial charge in [-0.25, -0.2) is 0 Å².